The van der Waals surface area contributed by atoms with Crippen LogP contribution in [-0.4, -0.2) is 36.2 Å². The van der Waals surface area contributed by atoms with E-state index < -0.39 is 16.1 Å². The van der Waals surface area contributed by atoms with Crippen LogP contribution in [0.4, 0.5) is 5.69 Å². The Bertz CT molecular complexity index is 2090. The molecule has 2 aliphatic rings. The van der Waals surface area contributed by atoms with Gasteiger partial charge in [0.2, 0.25) is 0 Å². The van der Waals surface area contributed by atoms with Gasteiger partial charge in [-0.25, -0.2) is 14.0 Å². The minimum Gasteiger partial charge on any atom is -0.303 e. The van der Waals surface area contributed by atoms with Crippen molar-refractivity contribution in [3.63, 3.8) is 0 Å². The van der Waals surface area contributed by atoms with Crippen molar-refractivity contribution < 1.29 is 13.2 Å². The van der Waals surface area contributed by atoms with Crippen LogP contribution < -0.4 is 9.03 Å². The fraction of sp³-hybridized carbons (Fsp3) is 0.263. The predicted octanol–water partition coefficient (Wildman–Crippen LogP) is 9.35. The highest BCUT2D eigenvalue weighted by Gasteiger charge is 2.34. The SMILES string of the molecule is O=C1CN(c2cccc(-n3cc(-c4ccc(Cl)cc4Cl)nc3Cc3ccc(-c4cccc(SCCC5CCCCC5)c4)cc3)c2)S(=O)(=O)N1. The molecule has 2 fully saturated rings. The van der Waals surface area contributed by atoms with Gasteiger partial charge in [0.25, 0.3) is 5.91 Å². The van der Waals surface area contributed by atoms with Gasteiger partial charge in [-0.3, -0.25) is 4.79 Å². The van der Waals surface area contributed by atoms with E-state index in [2.05, 4.69) is 48.5 Å². The molecule has 0 unspecified atom stereocenters. The van der Waals surface area contributed by atoms with Crippen molar-refractivity contribution in [2.75, 3.05) is 16.6 Å². The molecule has 11 heteroatoms. The number of benzene rings is 4. The van der Waals surface area contributed by atoms with Gasteiger partial charge in [-0.1, -0.05) is 97.8 Å². The minimum absolute atomic E-state index is 0.275. The second-order valence-corrected chi connectivity index (χ2v) is 16.2. The molecular weight excluding hydrogens is 695 g/mol. The van der Waals surface area contributed by atoms with Crippen molar-refractivity contribution in [3.8, 4) is 28.1 Å². The molecule has 5 aromatic rings. The Kier molecular flexibility index (Phi) is 10.1. The zero-order valence-corrected chi connectivity index (χ0v) is 30.0. The largest absolute Gasteiger partial charge is 0.326 e. The number of anilines is 1. The number of nitrogens with one attached hydrogen (secondary N) is 1. The second kappa shape index (κ2) is 14.6. The van der Waals surface area contributed by atoms with Crippen LogP contribution in [-0.2, 0) is 21.4 Å². The number of amides is 1. The number of aromatic nitrogens is 2. The fourth-order valence-electron chi connectivity index (χ4n) is 6.65. The Morgan fingerprint density at radius 3 is 2.39 bits per heavy atom. The first-order valence-corrected chi connectivity index (χ1v) is 19.7. The second-order valence-electron chi connectivity index (χ2n) is 12.6. The summed E-state index contributed by atoms with van der Waals surface area (Å²) < 4.78 is 30.2. The third-order valence-corrected chi connectivity index (χ3v) is 12.2. The van der Waals surface area contributed by atoms with Crippen molar-refractivity contribution in [3.05, 3.63) is 119 Å². The lowest BCUT2D eigenvalue weighted by Crippen LogP contribution is -2.29. The molecule has 1 aliphatic carbocycles. The molecule has 1 aliphatic heterocycles. The number of hydrogen-bond donors (Lipinski definition) is 1. The maximum absolute atomic E-state index is 12.6. The summed E-state index contributed by atoms with van der Waals surface area (Å²) in [5.74, 6) is 2.21. The van der Waals surface area contributed by atoms with Crippen LogP contribution in [0.2, 0.25) is 10.0 Å². The van der Waals surface area contributed by atoms with Gasteiger partial charge in [-0.2, -0.15) is 8.42 Å². The number of nitrogens with zero attached hydrogens (tertiary/aromatic N) is 3. The highest BCUT2D eigenvalue weighted by atomic mass is 35.5. The van der Waals surface area contributed by atoms with Gasteiger partial charge in [-0.05, 0) is 83.3 Å². The van der Waals surface area contributed by atoms with Crippen molar-refractivity contribution in [2.45, 2.75) is 49.8 Å². The van der Waals surface area contributed by atoms with Crippen LogP contribution >= 0.6 is 35.0 Å². The van der Waals surface area contributed by atoms with Crippen LogP contribution in [0, 0.1) is 5.92 Å². The molecule has 1 aromatic heterocycles. The Balaban J connectivity index is 1.14. The van der Waals surface area contributed by atoms with E-state index in [9.17, 15) is 13.2 Å². The minimum atomic E-state index is -3.96. The molecule has 1 saturated carbocycles. The molecule has 252 valence electrons. The lowest BCUT2D eigenvalue weighted by atomic mass is 9.88. The highest BCUT2D eigenvalue weighted by Crippen LogP contribution is 2.34. The maximum atomic E-state index is 12.6. The number of carbonyl (C=O) groups is 1. The normalized spacial score (nSPS) is 16.2. The standard InChI is InChI=1S/C38H36Cl2N4O3S2/c39-30-16-17-34(35(40)22-30)36-24-43(31-9-5-10-32(23-31)44-25-38(45)42-49(44,46)47)37(41-36)20-27-12-14-28(15-13-27)29-8-4-11-33(21-29)48-19-18-26-6-2-1-3-7-26/h4-5,8-17,21-24,26H,1-3,6-7,18-20,25H2,(H,42,45). The van der Waals surface area contributed by atoms with Gasteiger partial charge in [0.1, 0.15) is 12.4 Å². The zero-order chi connectivity index (χ0) is 34.0. The van der Waals surface area contributed by atoms with Gasteiger partial charge < -0.3 is 4.57 Å². The number of halogens is 2. The van der Waals surface area contributed by atoms with Gasteiger partial charge >= 0.3 is 10.2 Å². The molecule has 49 heavy (non-hydrogen) atoms. The molecule has 1 N–H and O–H groups in total. The molecule has 7 rings (SSSR count). The van der Waals surface area contributed by atoms with Crippen LogP contribution in [0.25, 0.3) is 28.1 Å². The third-order valence-electron chi connectivity index (χ3n) is 9.21. The molecular formula is C38H36Cl2N4O3S2. The van der Waals surface area contributed by atoms with E-state index in [1.807, 2.05) is 39.4 Å². The number of rotatable bonds is 10. The third kappa shape index (κ3) is 7.86. The summed E-state index contributed by atoms with van der Waals surface area (Å²) in [6, 6.07) is 29.7. The van der Waals surface area contributed by atoms with Crippen molar-refractivity contribution in [2.24, 2.45) is 5.92 Å². The topological polar surface area (TPSA) is 84.3 Å². The summed E-state index contributed by atoms with van der Waals surface area (Å²) in [6.07, 6.45) is 10.6. The van der Waals surface area contributed by atoms with Crippen LogP contribution in [0.15, 0.2) is 102 Å². The molecule has 1 saturated heterocycles. The fourth-order valence-corrected chi connectivity index (χ4v) is 9.37. The first-order chi connectivity index (χ1) is 23.7. The van der Waals surface area contributed by atoms with E-state index in [1.165, 1.54) is 49.0 Å². The van der Waals surface area contributed by atoms with Crippen LogP contribution in [0.5, 0.6) is 0 Å². The molecule has 0 bridgehead atoms. The van der Waals surface area contributed by atoms with E-state index in [4.69, 9.17) is 28.2 Å². The zero-order valence-electron chi connectivity index (χ0n) is 26.8. The Labute approximate surface area is 301 Å². The van der Waals surface area contributed by atoms with Crippen molar-refractivity contribution in [1.29, 1.82) is 0 Å². The highest BCUT2D eigenvalue weighted by molar-refractivity contribution is 7.99. The monoisotopic (exact) mass is 730 g/mol. The van der Waals surface area contributed by atoms with E-state index >= 15 is 0 Å². The molecule has 0 radical (unpaired) electrons. The van der Waals surface area contributed by atoms with Crippen molar-refractivity contribution in [1.82, 2.24) is 14.3 Å². The lowest BCUT2D eigenvalue weighted by molar-refractivity contribution is -0.117. The summed E-state index contributed by atoms with van der Waals surface area (Å²) in [4.78, 5) is 18.2. The number of thioether (sulfide) groups is 1. The van der Waals surface area contributed by atoms with E-state index in [0.29, 0.717) is 33.5 Å². The summed E-state index contributed by atoms with van der Waals surface area (Å²) in [6.45, 7) is -0.275. The van der Waals surface area contributed by atoms with Gasteiger partial charge in [0.15, 0.2) is 0 Å². The first-order valence-electron chi connectivity index (χ1n) is 16.5. The molecule has 0 spiro atoms. The van der Waals surface area contributed by atoms with Crippen LogP contribution in [0.1, 0.15) is 49.9 Å². The molecule has 1 amide bonds. The molecule has 4 aromatic carbocycles. The summed E-state index contributed by atoms with van der Waals surface area (Å²) in [5, 5.41) is 1.00. The summed E-state index contributed by atoms with van der Waals surface area (Å²) in [7, 11) is -3.96. The van der Waals surface area contributed by atoms with Gasteiger partial charge in [0.05, 0.1) is 16.4 Å². The molecule has 0 atom stereocenters. The first kappa shape index (κ1) is 33.7. The predicted molar refractivity (Wildman–Crippen MR) is 200 cm³/mol. The Morgan fingerprint density at radius 1 is 0.857 bits per heavy atom. The average Bonchev–Trinajstić information content (AvgIpc) is 3.64. The van der Waals surface area contributed by atoms with E-state index in [0.717, 1.165) is 38.5 Å². The lowest BCUT2D eigenvalue weighted by Gasteiger charge is -2.21. The molecule has 2 heterocycles. The summed E-state index contributed by atoms with van der Waals surface area (Å²) in [5.41, 5.74) is 5.86. The summed E-state index contributed by atoms with van der Waals surface area (Å²) >= 11 is 14.7. The van der Waals surface area contributed by atoms with Crippen molar-refractivity contribution >= 4 is 56.8 Å². The number of hydrogen-bond acceptors (Lipinski definition) is 5. The maximum Gasteiger partial charge on any atom is 0.326 e. The molecule has 7 nitrogen and oxygen atoms in total. The quantitative estimate of drug-likeness (QED) is 0.145. The van der Waals surface area contributed by atoms with Crippen LogP contribution in [0.3, 0.4) is 0 Å². The van der Waals surface area contributed by atoms with E-state index in [-0.39, 0.29) is 6.54 Å². The average molecular weight is 732 g/mol. The number of carbonyl (C=O) groups excluding carboxylic acids is 1. The number of imidazole rings is 1. The van der Waals surface area contributed by atoms with Gasteiger partial charge in [-0.15, -0.1) is 11.8 Å². The Hall–Kier alpha value is -3.76. The Morgan fingerprint density at radius 2 is 1.63 bits per heavy atom. The smallest absolute Gasteiger partial charge is 0.303 e. The van der Waals surface area contributed by atoms with Gasteiger partial charge in [0, 0.05) is 33.8 Å². The van der Waals surface area contributed by atoms with E-state index in [1.54, 1.807) is 30.3 Å².